The fourth-order valence-corrected chi connectivity index (χ4v) is 2.85. The first-order chi connectivity index (χ1) is 12.2. The Kier molecular flexibility index (Phi) is 8.48. The molecular weight excluding hydrogens is 346 g/mol. The third kappa shape index (κ3) is 5.41. The average Bonchev–Trinajstić information content (AvgIpc) is 2.59. The van der Waals surface area contributed by atoms with E-state index in [2.05, 4.69) is 5.32 Å². The van der Waals surface area contributed by atoms with Crippen molar-refractivity contribution in [1.82, 2.24) is 5.32 Å². The van der Waals surface area contributed by atoms with Crippen molar-refractivity contribution in [3.8, 4) is 0 Å². The summed E-state index contributed by atoms with van der Waals surface area (Å²) in [4.78, 5) is 23.3. The number of carbonyl (C=O) groups is 2. The van der Waals surface area contributed by atoms with Crippen molar-refractivity contribution in [1.29, 1.82) is 0 Å². The molecule has 6 N–H and O–H groups in total. The van der Waals surface area contributed by atoms with Gasteiger partial charge in [0.05, 0.1) is 12.7 Å². The molecule has 0 aromatic carbocycles. The highest BCUT2D eigenvalue weighted by Crippen LogP contribution is 2.32. The Balaban J connectivity index is 2.99. The molecule has 150 valence electrons. The largest absolute Gasteiger partial charge is 0.478 e. The number of nitrogens with one attached hydrogen (secondary N) is 1. The van der Waals surface area contributed by atoms with Crippen LogP contribution in [0.1, 0.15) is 46.0 Å². The summed E-state index contributed by atoms with van der Waals surface area (Å²) in [7, 11) is 0. The topological polar surface area (TPSA) is 157 Å². The van der Waals surface area contributed by atoms with Gasteiger partial charge < -0.3 is 35.6 Å². The summed E-state index contributed by atoms with van der Waals surface area (Å²) < 4.78 is 5.23. The summed E-state index contributed by atoms with van der Waals surface area (Å²) in [5.74, 6) is -3.59. The van der Waals surface area contributed by atoms with Crippen LogP contribution < -0.4 is 5.32 Å². The lowest BCUT2D eigenvalue weighted by molar-refractivity contribution is -0.204. The van der Waals surface area contributed by atoms with E-state index in [9.17, 15) is 24.9 Å². The van der Waals surface area contributed by atoms with Gasteiger partial charge in [0, 0.05) is 12.3 Å². The van der Waals surface area contributed by atoms with E-state index >= 15 is 0 Å². The standard InChI is InChI=1S/C17H29NO8/c1-3-4-5-6-7-14(22)18-17(25)13(21)8-12(16(23)24)26-15(17)10(2)11(20)9-19/h8,10-11,13,15,19-21,25H,3-7,9H2,1-2H3,(H,18,22)(H,23,24)/t10?,11?,13?,15?,17-/m0/s1. The van der Waals surface area contributed by atoms with E-state index in [-0.39, 0.29) is 6.42 Å². The minimum Gasteiger partial charge on any atom is -0.478 e. The molecular formula is C17H29NO8. The summed E-state index contributed by atoms with van der Waals surface area (Å²) in [6, 6.07) is 0. The zero-order valence-electron chi connectivity index (χ0n) is 15.1. The lowest BCUT2D eigenvalue weighted by atomic mass is 9.84. The monoisotopic (exact) mass is 375 g/mol. The van der Waals surface area contributed by atoms with Crippen molar-refractivity contribution in [2.75, 3.05) is 6.61 Å². The maximum Gasteiger partial charge on any atom is 0.370 e. The molecule has 4 unspecified atom stereocenters. The molecule has 9 nitrogen and oxygen atoms in total. The number of unbranched alkanes of at least 4 members (excludes halogenated alkanes) is 3. The Morgan fingerprint density at radius 2 is 2.00 bits per heavy atom. The molecule has 0 saturated heterocycles. The number of aliphatic hydroxyl groups excluding tert-OH is 3. The van der Waals surface area contributed by atoms with E-state index in [1.165, 1.54) is 6.92 Å². The highest BCUT2D eigenvalue weighted by molar-refractivity contribution is 5.85. The molecule has 9 heteroatoms. The minimum atomic E-state index is -2.34. The second-order valence-corrected chi connectivity index (χ2v) is 6.61. The summed E-state index contributed by atoms with van der Waals surface area (Å²) >= 11 is 0. The number of hydrogen-bond acceptors (Lipinski definition) is 7. The Morgan fingerprint density at radius 1 is 1.35 bits per heavy atom. The van der Waals surface area contributed by atoms with E-state index in [1.54, 1.807) is 0 Å². The van der Waals surface area contributed by atoms with E-state index in [0.29, 0.717) is 6.42 Å². The maximum atomic E-state index is 12.2. The second-order valence-electron chi connectivity index (χ2n) is 6.61. The molecule has 0 radical (unpaired) electrons. The Morgan fingerprint density at radius 3 is 2.54 bits per heavy atom. The van der Waals surface area contributed by atoms with Crippen LogP contribution in [0.2, 0.25) is 0 Å². The number of rotatable bonds is 10. The average molecular weight is 375 g/mol. The number of amides is 1. The Hall–Kier alpha value is -1.68. The highest BCUT2D eigenvalue weighted by atomic mass is 16.5. The Bertz CT molecular complexity index is 523. The highest BCUT2D eigenvalue weighted by Gasteiger charge is 2.53. The second kappa shape index (κ2) is 9.86. The molecule has 5 atom stereocenters. The van der Waals surface area contributed by atoms with Crippen LogP contribution in [0.4, 0.5) is 0 Å². The van der Waals surface area contributed by atoms with Crippen molar-refractivity contribution < 1.29 is 39.9 Å². The van der Waals surface area contributed by atoms with E-state index in [0.717, 1.165) is 25.3 Å². The van der Waals surface area contributed by atoms with Gasteiger partial charge in [-0.25, -0.2) is 4.79 Å². The van der Waals surface area contributed by atoms with Crippen LogP contribution in [-0.4, -0.2) is 68.1 Å². The summed E-state index contributed by atoms with van der Waals surface area (Å²) in [6.07, 6.45) is -0.280. The molecule has 0 aromatic rings. The van der Waals surface area contributed by atoms with E-state index < -0.39 is 54.2 Å². The van der Waals surface area contributed by atoms with E-state index in [4.69, 9.17) is 14.9 Å². The molecule has 0 aliphatic carbocycles. The normalized spacial score (nSPS) is 27.8. The van der Waals surface area contributed by atoms with Gasteiger partial charge >= 0.3 is 5.97 Å². The molecule has 1 aliphatic heterocycles. The molecule has 1 aliphatic rings. The SMILES string of the molecule is CCCCCCC(=O)N[C@]1(O)C(O)C=C(C(=O)O)OC1C(C)C(O)CO. The van der Waals surface area contributed by atoms with Gasteiger partial charge in [-0.3, -0.25) is 4.79 Å². The van der Waals surface area contributed by atoms with Crippen molar-refractivity contribution in [3.05, 3.63) is 11.8 Å². The quantitative estimate of drug-likeness (QED) is 0.220. The first-order valence-corrected chi connectivity index (χ1v) is 8.79. The smallest absolute Gasteiger partial charge is 0.370 e. The lowest BCUT2D eigenvalue weighted by Gasteiger charge is -2.45. The summed E-state index contributed by atoms with van der Waals surface area (Å²) in [6.45, 7) is 2.77. The third-order valence-corrected chi connectivity index (χ3v) is 4.53. The minimum absolute atomic E-state index is 0.119. The third-order valence-electron chi connectivity index (χ3n) is 4.53. The molecule has 1 rings (SSSR count). The molecule has 1 amide bonds. The van der Waals surface area contributed by atoms with Crippen LogP contribution in [0.5, 0.6) is 0 Å². The number of ether oxygens (including phenoxy) is 1. The van der Waals surface area contributed by atoms with Crippen LogP contribution in [0.3, 0.4) is 0 Å². The number of hydrogen-bond donors (Lipinski definition) is 6. The number of carboxylic acids is 1. The van der Waals surface area contributed by atoms with Gasteiger partial charge in [0.2, 0.25) is 17.4 Å². The first-order valence-electron chi connectivity index (χ1n) is 8.79. The van der Waals surface area contributed by atoms with Gasteiger partial charge in [0.15, 0.2) is 6.10 Å². The predicted octanol–water partition coefficient (Wildman–Crippen LogP) is -0.521. The Labute approximate surface area is 152 Å². The van der Waals surface area contributed by atoms with Gasteiger partial charge in [-0.15, -0.1) is 0 Å². The van der Waals surface area contributed by atoms with Crippen molar-refractivity contribution >= 4 is 11.9 Å². The van der Waals surface area contributed by atoms with Crippen LogP contribution in [0.15, 0.2) is 11.8 Å². The number of carboxylic acid groups (broad SMARTS) is 1. The summed E-state index contributed by atoms with van der Waals surface area (Å²) in [5.41, 5.74) is -2.34. The van der Waals surface area contributed by atoms with Gasteiger partial charge in [-0.1, -0.05) is 33.1 Å². The van der Waals surface area contributed by atoms with Crippen molar-refractivity contribution in [2.24, 2.45) is 5.92 Å². The van der Waals surface area contributed by atoms with Crippen molar-refractivity contribution in [2.45, 2.75) is 70.0 Å². The molecule has 0 fully saturated rings. The maximum absolute atomic E-state index is 12.2. The zero-order chi connectivity index (χ0) is 19.9. The van der Waals surface area contributed by atoms with Crippen LogP contribution in [0, 0.1) is 5.92 Å². The molecule has 0 bridgehead atoms. The summed E-state index contributed by atoms with van der Waals surface area (Å²) in [5, 5.41) is 51.5. The van der Waals surface area contributed by atoms with Crippen LogP contribution in [-0.2, 0) is 14.3 Å². The molecule has 26 heavy (non-hydrogen) atoms. The van der Waals surface area contributed by atoms with E-state index in [1.807, 2.05) is 6.92 Å². The number of aliphatic carboxylic acids is 1. The zero-order valence-corrected chi connectivity index (χ0v) is 15.1. The fraction of sp³-hybridized carbons (Fsp3) is 0.765. The fourth-order valence-electron chi connectivity index (χ4n) is 2.85. The van der Waals surface area contributed by atoms with Gasteiger partial charge in [-0.2, -0.15) is 0 Å². The van der Waals surface area contributed by atoms with Crippen LogP contribution >= 0.6 is 0 Å². The van der Waals surface area contributed by atoms with Gasteiger partial charge in [0.25, 0.3) is 0 Å². The molecule has 1 heterocycles. The van der Waals surface area contributed by atoms with Crippen LogP contribution in [0.25, 0.3) is 0 Å². The first kappa shape index (κ1) is 22.4. The van der Waals surface area contributed by atoms with Crippen molar-refractivity contribution in [3.63, 3.8) is 0 Å². The van der Waals surface area contributed by atoms with Gasteiger partial charge in [0.1, 0.15) is 6.10 Å². The molecule has 0 saturated carbocycles. The van der Waals surface area contributed by atoms with Gasteiger partial charge in [-0.05, 0) is 12.5 Å². The molecule has 0 spiro atoms. The number of aliphatic hydroxyl groups is 4. The lowest BCUT2D eigenvalue weighted by Crippen LogP contribution is -2.68. The predicted molar refractivity (Wildman–Crippen MR) is 90.7 cm³/mol. The molecule has 0 aromatic heterocycles. The number of carbonyl (C=O) groups excluding carboxylic acids is 1.